The van der Waals surface area contributed by atoms with E-state index in [2.05, 4.69) is 49.7 Å². The van der Waals surface area contributed by atoms with Gasteiger partial charge < -0.3 is 9.47 Å². The molecule has 3 atom stereocenters. The van der Waals surface area contributed by atoms with Crippen LogP contribution in [0.3, 0.4) is 0 Å². The molecule has 0 saturated heterocycles. The van der Waals surface area contributed by atoms with Gasteiger partial charge in [0, 0.05) is 19.0 Å². The number of rotatable bonds is 14. The van der Waals surface area contributed by atoms with Gasteiger partial charge in [0.1, 0.15) is 22.4 Å². The first kappa shape index (κ1) is 33.8. The molecule has 0 aromatic heterocycles. The summed E-state index contributed by atoms with van der Waals surface area (Å²) in [5.74, 6) is 1.32. The van der Waals surface area contributed by atoms with Crippen molar-refractivity contribution in [2.45, 2.75) is 45.2 Å². The van der Waals surface area contributed by atoms with Gasteiger partial charge in [-0.3, -0.25) is 9.56 Å². The van der Waals surface area contributed by atoms with E-state index in [1.54, 1.807) is 50.2 Å². The van der Waals surface area contributed by atoms with Gasteiger partial charge in [0.25, 0.3) is 0 Å². The Morgan fingerprint density at radius 1 is 1.03 bits per heavy atom. The maximum atomic E-state index is 8.65. The molecule has 0 heterocycles. The van der Waals surface area contributed by atoms with Crippen LogP contribution in [-0.2, 0) is 23.6 Å². The van der Waals surface area contributed by atoms with Gasteiger partial charge in [0.15, 0.2) is 5.72 Å². The van der Waals surface area contributed by atoms with Crippen molar-refractivity contribution >= 4 is 82.3 Å². The molecular formula is C24H33ClIN7O2P2S2. The zero-order valence-corrected chi connectivity index (χ0v) is 29.1. The maximum Gasteiger partial charge on any atom is 0.182 e. The Hall–Kier alpha value is -1.39. The van der Waals surface area contributed by atoms with E-state index < -0.39 is 23.5 Å². The fraction of sp³-hybridized carbons (Fsp3) is 0.417. The summed E-state index contributed by atoms with van der Waals surface area (Å²) in [5, 5.41) is 12.1. The molecule has 0 aliphatic heterocycles. The molecule has 0 aliphatic carbocycles. The van der Waals surface area contributed by atoms with Crippen LogP contribution in [0, 0.1) is 0 Å². The Bertz CT molecular complexity index is 1290. The molecule has 0 radical (unpaired) electrons. The Morgan fingerprint density at radius 2 is 1.51 bits per heavy atom. The van der Waals surface area contributed by atoms with E-state index in [0.717, 1.165) is 23.3 Å². The van der Waals surface area contributed by atoms with E-state index in [1.807, 2.05) is 55.1 Å². The van der Waals surface area contributed by atoms with Crippen LogP contribution in [0.1, 0.15) is 45.2 Å². The summed E-state index contributed by atoms with van der Waals surface area (Å²) in [6.45, 7) is 5.84. The number of hydrogen-bond donors (Lipinski definition) is 0. The molecule has 15 heteroatoms. The van der Waals surface area contributed by atoms with E-state index in [1.165, 1.54) is 0 Å². The van der Waals surface area contributed by atoms with Crippen LogP contribution in [0.4, 0.5) is 0 Å². The third-order valence-corrected chi connectivity index (χ3v) is 18.6. The largest absolute Gasteiger partial charge is 0.482 e. The van der Waals surface area contributed by atoms with Crippen molar-refractivity contribution < 1.29 is 9.47 Å². The minimum atomic E-state index is -2.14. The smallest absolute Gasteiger partial charge is 0.182 e. The number of benzene rings is 2. The molecule has 212 valence electrons. The highest BCUT2D eigenvalue weighted by atomic mass is 127. The van der Waals surface area contributed by atoms with Crippen molar-refractivity contribution in [1.29, 1.82) is 0 Å². The molecule has 0 N–H and O–H groups in total. The summed E-state index contributed by atoms with van der Waals surface area (Å²) in [6.07, 6.45) is 4.21. The van der Waals surface area contributed by atoms with E-state index in [-0.39, 0.29) is 0 Å². The molecule has 2 rings (SSSR count). The molecule has 39 heavy (non-hydrogen) atoms. The lowest BCUT2D eigenvalue weighted by Gasteiger charge is -2.34. The number of nitrogens with zero attached hydrogens (tertiary/aromatic N) is 7. The highest BCUT2D eigenvalue weighted by Crippen LogP contribution is 2.55. The first-order valence-electron chi connectivity index (χ1n) is 11.8. The number of halogens is 2. The Balaban J connectivity index is 2.05. The molecule has 3 unspecified atom stereocenters. The zero-order valence-electron chi connectivity index (χ0n) is 22.7. The van der Waals surface area contributed by atoms with Crippen LogP contribution in [-0.4, -0.2) is 51.3 Å². The van der Waals surface area contributed by atoms with Crippen LogP contribution in [0.15, 0.2) is 63.8 Å². The molecule has 0 amide bonds. The fourth-order valence-corrected chi connectivity index (χ4v) is 7.02. The Kier molecular flexibility index (Phi) is 13.0. The summed E-state index contributed by atoms with van der Waals surface area (Å²) < 4.78 is 16.3. The second kappa shape index (κ2) is 15.0. The molecule has 2 aromatic carbocycles. The van der Waals surface area contributed by atoms with Gasteiger partial charge in [-0.1, -0.05) is 64.4 Å². The molecule has 9 nitrogen and oxygen atoms in total. The Morgan fingerprint density at radius 3 is 1.97 bits per heavy atom. The lowest BCUT2D eigenvalue weighted by molar-refractivity contribution is 0.117. The topological polar surface area (TPSA) is 98.4 Å². The second-order valence-corrected chi connectivity index (χ2v) is 20.8. The number of alkyl halides is 1. The lowest BCUT2D eigenvalue weighted by atomic mass is 10.2. The molecule has 0 fully saturated rings. The normalized spacial score (nSPS) is 15.7. The fourth-order valence-electron chi connectivity index (χ4n) is 3.04. The lowest BCUT2D eigenvalue weighted by Crippen LogP contribution is -2.30. The monoisotopic (exact) mass is 739 g/mol. The minimum Gasteiger partial charge on any atom is -0.482 e. The molecule has 0 bridgehead atoms. The summed E-state index contributed by atoms with van der Waals surface area (Å²) >= 11 is 19.9. The van der Waals surface area contributed by atoms with Gasteiger partial charge >= 0.3 is 0 Å². The van der Waals surface area contributed by atoms with Crippen LogP contribution in [0.5, 0.6) is 11.5 Å². The van der Waals surface area contributed by atoms with Crippen molar-refractivity contribution in [1.82, 2.24) is 9.56 Å². The quantitative estimate of drug-likeness (QED) is 0.0282. The molecule has 0 aliphatic rings. The highest BCUT2D eigenvalue weighted by Gasteiger charge is 2.31. The predicted molar refractivity (Wildman–Crippen MR) is 181 cm³/mol. The Labute approximate surface area is 260 Å². The SMILES string of the molecule is CCC(C)(Oc1ccc(/C=N/N(C)P(=S)(Cl)CI)cc1)[PH](=S)N(C)/N=C/c1ccc(OC(C)(C)N=[N+]=[N-])cc1. The van der Waals surface area contributed by atoms with Gasteiger partial charge in [0.05, 0.1) is 23.4 Å². The van der Waals surface area contributed by atoms with Crippen LogP contribution >= 0.6 is 46.2 Å². The van der Waals surface area contributed by atoms with E-state index in [9.17, 15) is 0 Å². The summed E-state index contributed by atoms with van der Waals surface area (Å²) in [7, 11) is 3.68. The van der Waals surface area contributed by atoms with Crippen molar-refractivity contribution in [2.24, 2.45) is 15.3 Å². The zero-order chi connectivity index (χ0) is 29.3. The summed E-state index contributed by atoms with van der Waals surface area (Å²) in [5.41, 5.74) is 7.33. The van der Waals surface area contributed by atoms with Crippen molar-refractivity contribution in [3.63, 3.8) is 0 Å². The molecular weight excluding hydrogens is 707 g/mol. The van der Waals surface area contributed by atoms with Crippen molar-refractivity contribution in [2.75, 3.05) is 18.3 Å². The standard InChI is InChI=1S/C24H33ClIN7O2P2S2/c1-7-24(4,35-22-14-10-20(11-15-22)17-29-33(6)37(25,39)18-26)36(38)32(5)28-16-19-8-12-21(13-9-19)34-23(2,3)30-31-27/h8-17,36H,7,18H2,1-6H3/b28-16+,29-17+. The van der Waals surface area contributed by atoms with Crippen LogP contribution in [0.2, 0.25) is 0 Å². The van der Waals surface area contributed by atoms with Crippen molar-refractivity contribution in [3.8, 4) is 11.5 Å². The predicted octanol–water partition coefficient (Wildman–Crippen LogP) is 8.38. The number of hydrogen-bond acceptors (Lipinski definition) is 7. The van der Waals surface area contributed by atoms with Crippen LogP contribution < -0.4 is 9.47 Å². The number of hydrazone groups is 2. The van der Waals surface area contributed by atoms with E-state index in [4.69, 9.17) is 49.9 Å². The molecule has 0 spiro atoms. The first-order chi connectivity index (χ1) is 18.2. The first-order valence-corrected chi connectivity index (χ1v) is 19.8. The van der Waals surface area contributed by atoms with Gasteiger partial charge in [-0.15, -0.1) is 0 Å². The van der Waals surface area contributed by atoms with Crippen molar-refractivity contribution in [3.05, 3.63) is 70.1 Å². The molecule has 2 aromatic rings. The number of azide groups is 1. The third-order valence-electron chi connectivity index (χ3n) is 5.51. The van der Waals surface area contributed by atoms with Gasteiger partial charge in [0.2, 0.25) is 0 Å². The number of ether oxygens (including phenoxy) is 2. The molecule has 0 saturated carbocycles. The average molecular weight is 740 g/mol. The van der Waals surface area contributed by atoms with Crippen LogP contribution in [0.25, 0.3) is 10.4 Å². The summed E-state index contributed by atoms with van der Waals surface area (Å²) in [4.78, 5) is 2.81. The second-order valence-electron chi connectivity index (χ2n) is 9.11. The van der Waals surface area contributed by atoms with E-state index >= 15 is 0 Å². The van der Waals surface area contributed by atoms with E-state index in [0.29, 0.717) is 9.92 Å². The van der Waals surface area contributed by atoms with Gasteiger partial charge in [-0.05, 0) is 97.5 Å². The van der Waals surface area contributed by atoms with Gasteiger partial charge in [-0.2, -0.15) is 10.2 Å². The highest BCUT2D eigenvalue weighted by molar-refractivity contribution is 14.1. The third kappa shape index (κ3) is 10.5. The summed E-state index contributed by atoms with van der Waals surface area (Å²) in [6, 6.07) is 15.0. The maximum absolute atomic E-state index is 8.65. The minimum absolute atomic E-state index is 0.572. The average Bonchev–Trinajstić information content (AvgIpc) is 2.91. The van der Waals surface area contributed by atoms with Gasteiger partial charge in [-0.25, -0.2) is 0 Å².